The quantitative estimate of drug-likeness (QED) is 0.753. The standard InChI is InChI=1S/C18H21NO3.C2H6.CH4O/c1-19(13-18(20)21)12-11-15-7-9-17(10-8-15)22-14-16-5-3-2-4-6-16;2*1-2/h2-10H,11-14H2,1H3,(H,20,21);1-2H3;2H,1H3. The molecule has 0 amide bonds. The molecular weight excluding hydrogens is 330 g/mol. The predicted octanol–water partition coefficient (Wildman–Crippen LogP) is 3.46. The van der Waals surface area contributed by atoms with Gasteiger partial charge in [-0.2, -0.15) is 0 Å². The molecule has 0 unspecified atom stereocenters. The van der Waals surface area contributed by atoms with Gasteiger partial charge in [-0.3, -0.25) is 9.69 Å². The molecule has 0 aliphatic rings. The van der Waals surface area contributed by atoms with Gasteiger partial charge < -0.3 is 14.9 Å². The van der Waals surface area contributed by atoms with E-state index in [4.69, 9.17) is 14.9 Å². The van der Waals surface area contributed by atoms with Crippen molar-refractivity contribution in [1.29, 1.82) is 0 Å². The smallest absolute Gasteiger partial charge is 0.317 e. The predicted molar refractivity (Wildman–Crippen MR) is 106 cm³/mol. The fourth-order valence-electron chi connectivity index (χ4n) is 2.12. The minimum Gasteiger partial charge on any atom is -0.489 e. The van der Waals surface area contributed by atoms with Crippen molar-refractivity contribution in [2.45, 2.75) is 26.9 Å². The van der Waals surface area contributed by atoms with E-state index >= 15 is 0 Å². The van der Waals surface area contributed by atoms with Crippen LogP contribution in [-0.2, 0) is 17.8 Å². The van der Waals surface area contributed by atoms with Crippen LogP contribution in [0.4, 0.5) is 0 Å². The molecule has 0 aromatic heterocycles. The second-order valence-electron chi connectivity index (χ2n) is 5.30. The number of ether oxygens (including phenoxy) is 1. The molecular formula is C21H31NO4. The Kier molecular flexibility index (Phi) is 13.6. The van der Waals surface area contributed by atoms with E-state index in [1.165, 1.54) is 5.56 Å². The molecule has 0 atom stereocenters. The Hall–Kier alpha value is -2.37. The van der Waals surface area contributed by atoms with Crippen molar-refractivity contribution < 1.29 is 19.7 Å². The number of aliphatic hydroxyl groups is 1. The van der Waals surface area contributed by atoms with E-state index in [1.807, 2.05) is 75.5 Å². The van der Waals surface area contributed by atoms with Gasteiger partial charge in [0.15, 0.2) is 0 Å². The van der Waals surface area contributed by atoms with Gasteiger partial charge in [0.2, 0.25) is 0 Å². The zero-order chi connectivity index (χ0) is 19.8. The SMILES string of the molecule is CC.CN(CCc1ccc(OCc2ccccc2)cc1)CC(=O)O.CO. The molecule has 2 aromatic rings. The highest BCUT2D eigenvalue weighted by atomic mass is 16.5. The third-order valence-corrected chi connectivity index (χ3v) is 3.36. The molecule has 0 radical (unpaired) electrons. The van der Waals surface area contributed by atoms with Crippen molar-refractivity contribution in [1.82, 2.24) is 4.90 Å². The summed E-state index contributed by atoms with van der Waals surface area (Å²) in [7, 11) is 2.81. The summed E-state index contributed by atoms with van der Waals surface area (Å²) in [4.78, 5) is 12.4. The van der Waals surface area contributed by atoms with Gasteiger partial charge in [-0.1, -0.05) is 56.3 Å². The lowest BCUT2D eigenvalue weighted by Crippen LogP contribution is -2.27. The molecule has 0 fully saturated rings. The normalized spacial score (nSPS) is 9.46. The van der Waals surface area contributed by atoms with E-state index in [0.717, 1.165) is 31.4 Å². The molecule has 26 heavy (non-hydrogen) atoms. The maximum atomic E-state index is 10.6. The summed E-state index contributed by atoms with van der Waals surface area (Å²) >= 11 is 0. The van der Waals surface area contributed by atoms with Gasteiger partial charge in [0.05, 0.1) is 6.54 Å². The molecule has 2 N–H and O–H groups in total. The molecule has 0 saturated heterocycles. The van der Waals surface area contributed by atoms with Crippen LogP contribution < -0.4 is 4.74 Å². The first-order valence-corrected chi connectivity index (χ1v) is 8.74. The Morgan fingerprint density at radius 3 is 2.08 bits per heavy atom. The number of carboxylic acid groups (broad SMARTS) is 1. The van der Waals surface area contributed by atoms with E-state index < -0.39 is 5.97 Å². The van der Waals surface area contributed by atoms with E-state index in [0.29, 0.717) is 6.61 Å². The molecule has 144 valence electrons. The Morgan fingerprint density at radius 2 is 1.54 bits per heavy atom. The number of likely N-dealkylation sites (N-methyl/N-ethyl adjacent to an activating group) is 1. The van der Waals surface area contributed by atoms with Crippen molar-refractivity contribution in [3.8, 4) is 5.75 Å². The van der Waals surface area contributed by atoms with Gasteiger partial charge in [-0.25, -0.2) is 0 Å². The zero-order valence-electron chi connectivity index (χ0n) is 16.2. The second-order valence-corrected chi connectivity index (χ2v) is 5.30. The Labute approximate surface area is 156 Å². The minimum absolute atomic E-state index is 0.0677. The number of carbonyl (C=O) groups is 1. The molecule has 0 saturated carbocycles. The number of hydrogen-bond acceptors (Lipinski definition) is 4. The van der Waals surface area contributed by atoms with Gasteiger partial charge in [-0.05, 0) is 36.7 Å². The highest BCUT2D eigenvalue weighted by Crippen LogP contribution is 2.14. The Bertz CT molecular complexity index is 585. The molecule has 0 heterocycles. The third-order valence-electron chi connectivity index (χ3n) is 3.36. The average molecular weight is 361 g/mol. The monoisotopic (exact) mass is 361 g/mol. The molecule has 2 aromatic carbocycles. The summed E-state index contributed by atoms with van der Waals surface area (Å²) in [6.45, 7) is 5.34. The van der Waals surface area contributed by atoms with E-state index in [-0.39, 0.29) is 6.54 Å². The number of nitrogens with zero attached hydrogens (tertiary/aromatic N) is 1. The van der Waals surface area contributed by atoms with Crippen LogP contribution in [0.5, 0.6) is 5.75 Å². The largest absolute Gasteiger partial charge is 0.489 e. The number of carboxylic acids is 1. The molecule has 5 heteroatoms. The van der Waals surface area contributed by atoms with E-state index in [9.17, 15) is 4.79 Å². The lowest BCUT2D eigenvalue weighted by atomic mass is 10.1. The van der Waals surface area contributed by atoms with Crippen LogP contribution in [0.3, 0.4) is 0 Å². The molecule has 0 spiro atoms. The van der Waals surface area contributed by atoms with Crippen LogP contribution in [0.25, 0.3) is 0 Å². The van der Waals surface area contributed by atoms with Crippen molar-refractivity contribution >= 4 is 5.97 Å². The fourth-order valence-corrected chi connectivity index (χ4v) is 2.12. The number of aliphatic carboxylic acids is 1. The van der Waals surface area contributed by atoms with Crippen LogP contribution in [0.1, 0.15) is 25.0 Å². The van der Waals surface area contributed by atoms with Gasteiger partial charge in [0.25, 0.3) is 0 Å². The van der Waals surface area contributed by atoms with Crippen LogP contribution in [0.2, 0.25) is 0 Å². The van der Waals surface area contributed by atoms with Gasteiger partial charge in [0, 0.05) is 13.7 Å². The number of hydrogen-bond donors (Lipinski definition) is 2. The number of rotatable bonds is 8. The number of aliphatic hydroxyl groups excluding tert-OH is 1. The molecule has 5 nitrogen and oxygen atoms in total. The first-order valence-electron chi connectivity index (χ1n) is 8.74. The summed E-state index contributed by atoms with van der Waals surface area (Å²) in [5.74, 6) is 0.0404. The molecule has 2 rings (SSSR count). The highest BCUT2D eigenvalue weighted by molar-refractivity contribution is 5.69. The molecule has 0 aliphatic heterocycles. The van der Waals surface area contributed by atoms with E-state index in [2.05, 4.69) is 0 Å². The summed E-state index contributed by atoms with van der Waals surface area (Å²) in [6.07, 6.45) is 0.822. The number of benzene rings is 2. The van der Waals surface area contributed by atoms with Crippen LogP contribution in [-0.4, -0.2) is 48.3 Å². The first-order chi connectivity index (χ1) is 12.6. The molecule has 0 bridgehead atoms. The summed E-state index contributed by atoms with van der Waals surface area (Å²) < 4.78 is 5.74. The highest BCUT2D eigenvalue weighted by Gasteiger charge is 2.04. The topological polar surface area (TPSA) is 70.0 Å². The Morgan fingerprint density at radius 1 is 0.962 bits per heavy atom. The van der Waals surface area contributed by atoms with Crippen LogP contribution >= 0.6 is 0 Å². The Balaban J connectivity index is 0.00000146. The maximum Gasteiger partial charge on any atom is 0.317 e. The van der Waals surface area contributed by atoms with E-state index in [1.54, 1.807) is 4.90 Å². The fraction of sp³-hybridized carbons (Fsp3) is 0.381. The van der Waals surface area contributed by atoms with Crippen molar-refractivity contribution in [2.24, 2.45) is 0 Å². The lowest BCUT2D eigenvalue weighted by Gasteiger charge is -2.13. The van der Waals surface area contributed by atoms with Crippen LogP contribution in [0, 0.1) is 0 Å². The average Bonchev–Trinajstić information content (AvgIpc) is 2.69. The first kappa shape index (κ1) is 23.6. The zero-order valence-corrected chi connectivity index (χ0v) is 16.2. The molecule has 0 aliphatic carbocycles. The van der Waals surface area contributed by atoms with Gasteiger partial charge >= 0.3 is 5.97 Å². The minimum atomic E-state index is -0.799. The van der Waals surface area contributed by atoms with Gasteiger partial charge in [0.1, 0.15) is 12.4 Å². The summed E-state index contributed by atoms with van der Waals surface area (Å²) in [6, 6.07) is 18.0. The van der Waals surface area contributed by atoms with Crippen molar-refractivity contribution in [2.75, 3.05) is 27.2 Å². The lowest BCUT2D eigenvalue weighted by molar-refractivity contribution is -0.137. The van der Waals surface area contributed by atoms with Gasteiger partial charge in [-0.15, -0.1) is 0 Å². The third kappa shape index (κ3) is 10.5. The van der Waals surface area contributed by atoms with Crippen LogP contribution in [0.15, 0.2) is 54.6 Å². The second kappa shape index (κ2) is 14.9. The summed E-state index contributed by atoms with van der Waals surface area (Å²) in [5, 5.41) is 15.7. The van der Waals surface area contributed by atoms with Crippen molar-refractivity contribution in [3.05, 3.63) is 65.7 Å². The maximum absolute atomic E-state index is 10.6. The van der Waals surface area contributed by atoms with Crippen molar-refractivity contribution in [3.63, 3.8) is 0 Å². The summed E-state index contributed by atoms with van der Waals surface area (Å²) in [5.41, 5.74) is 2.31.